The second kappa shape index (κ2) is 11.7. The Kier molecular flexibility index (Phi) is 10.3. The van der Waals surface area contributed by atoms with Crippen molar-refractivity contribution >= 4 is 53.1 Å². The molecule has 1 aromatic carbocycles. The van der Waals surface area contributed by atoms with E-state index in [1.807, 2.05) is 32.2 Å². The number of aryl methyl sites for hydroxylation is 2. The fourth-order valence-electron chi connectivity index (χ4n) is 2.54. The van der Waals surface area contributed by atoms with E-state index in [-0.39, 0.29) is 30.0 Å². The third-order valence-electron chi connectivity index (χ3n) is 3.93. The zero-order chi connectivity index (χ0) is 18.2. The average Bonchev–Trinajstić information content (AvgIpc) is 2.96. The van der Waals surface area contributed by atoms with Crippen molar-refractivity contribution in [2.75, 3.05) is 13.1 Å². The Morgan fingerprint density at radius 3 is 2.73 bits per heavy atom. The highest BCUT2D eigenvalue weighted by Crippen LogP contribution is 2.25. The first-order valence-electron chi connectivity index (χ1n) is 8.50. The molecule has 0 amide bonds. The molecule has 1 heterocycles. The van der Waals surface area contributed by atoms with Gasteiger partial charge < -0.3 is 10.6 Å². The summed E-state index contributed by atoms with van der Waals surface area (Å²) >= 11 is 12.3. The van der Waals surface area contributed by atoms with Crippen molar-refractivity contribution in [3.05, 3.63) is 51.3 Å². The Balaban J connectivity index is 0.00000338. The van der Waals surface area contributed by atoms with Crippen molar-refractivity contribution in [2.24, 2.45) is 4.99 Å². The van der Waals surface area contributed by atoms with Crippen LogP contribution in [-0.2, 0) is 6.42 Å². The molecule has 2 aromatic rings. The minimum atomic E-state index is 0. The van der Waals surface area contributed by atoms with Crippen molar-refractivity contribution in [3.63, 3.8) is 0 Å². The number of guanidine groups is 1. The SMILES string of the molecule is CCNC(=NCCCc1cn[nH]c1C)NC(C)c1ccc(Cl)cc1Cl.I. The normalized spacial score (nSPS) is 12.4. The molecule has 1 atom stereocenters. The van der Waals surface area contributed by atoms with Gasteiger partial charge in [0, 0.05) is 28.8 Å². The highest BCUT2D eigenvalue weighted by atomic mass is 127. The number of aromatic nitrogens is 2. The summed E-state index contributed by atoms with van der Waals surface area (Å²) in [5.74, 6) is 0.782. The minimum absolute atomic E-state index is 0. The lowest BCUT2D eigenvalue weighted by atomic mass is 10.1. The van der Waals surface area contributed by atoms with Crippen LogP contribution < -0.4 is 10.6 Å². The summed E-state index contributed by atoms with van der Waals surface area (Å²) < 4.78 is 0. The number of hydrogen-bond donors (Lipinski definition) is 3. The van der Waals surface area contributed by atoms with Crippen molar-refractivity contribution in [2.45, 2.75) is 39.7 Å². The maximum Gasteiger partial charge on any atom is 0.191 e. The van der Waals surface area contributed by atoms with Crippen LogP contribution in [0.3, 0.4) is 0 Å². The molecule has 0 aliphatic heterocycles. The van der Waals surface area contributed by atoms with Gasteiger partial charge in [-0.3, -0.25) is 10.1 Å². The molecule has 1 aromatic heterocycles. The van der Waals surface area contributed by atoms with E-state index in [4.69, 9.17) is 23.2 Å². The van der Waals surface area contributed by atoms with Gasteiger partial charge in [0.05, 0.1) is 12.2 Å². The van der Waals surface area contributed by atoms with Gasteiger partial charge in [-0.05, 0) is 56.9 Å². The summed E-state index contributed by atoms with van der Waals surface area (Å²) in [7, 11) is 0. The number of rotatable bonds is 7. The predicted molar refractivity (Wildman–Crippen MR) is 121 cm³/mol. The van der Waals surface area contributed by atoms with Crippen LogP contribution in [0.25, 0.3) is 0 Å². The molecule has 26 heavy (non-hydrogen) atoms. The van der Waals surface area contributed by atoms with E-state index in [0.717, 1.165) is 43.1 Å². The van der Waals surface area contributed by atoms with E-state index in [1.54, 1.807) is 6.07 Å². The summed E-state index contributed by atoms with van der Waals surface area (Å²) in [5, 5.41) is 15.0. The Morgan fingerprint density at radius 2 is 2.12 bits per heavy atom. The Labute approximate surface area is 182 Å². The van der Waals surface area contributed by atoms with Gasteiger partial charge in [-0.2, -0.15) is 5.10 Å². The van der Waals surface area contributed by atoms with Gasteiger partial charge in [-0.25, -0.2) is 0 Å². The monoisotopic (exact) mass is 509 g/mol. The summed E-state index contributed by atoms with van der Waals surface area (Å²) in [4.78, 5) is 4.65. The smallest absolute Gasteiger partial charge is 0.191 e. The number of aromatic amines is 1. The third-order valence-corrected chi connectivity index (χ3v) is 4.50. The van der Waals surface area contributed by atoms with Gasteiger partial charge in [0.25, 0.3) is 0 Å². The highest BCUT2D eigenvalue weighted by molar-refractivity contribution is 14.0. The number of nitrogens with zero attached hydrogens (tertiary/aromatic N) is 2. The zero-order valence-corrected chi connectivity index (χ0v) is 19.1. The van der Waals surface area contributed by atoms with Gasteiger partial charge in [0.1, 0.15) is 0 Å². The van der Waals surface area contributed by atoms with E-state index in [2.05, 4.69) is 32.7 Å². The first-order chi connectivity index (χ1) is 12.0. The van der Waals surface area contributed by atoms with Gasteiger partial charge in [-0.15, -0.1) is 24.0 Å². The second-order valence-corrected chi connectivity index (χ2v) is 6.76. The molecule has 2 rings (SSSR count). The van der Waals surface area contributed by atoms with Crippen LogP contribution in [0.5, 0.6) is 0 Å². The molecule has 0 aliphatic carbocycles. The van der Waals surface area contributed by atoms with Crippen molar-refractivity contribution in [1.29, 1.82) is 0 Å². The van der Waals surface area contributed by atoms with Crippen molar-refractivity contribution in [1.82, 2.24) is 20.8 Å². The molecule has 144 valence electrons. The summed E-state index contributed by atoms with van der Waals surface area (Å²) in [6.07, 6.45) is 3.81. The van der Waals surface area contributed by atoms with Crippen LogP contribution in [0, 0.1) is 6.92 Å². The van der Waals surface area contributed by atoms with Crippen LogP contribution >= 0.6 is 47.2 Å². The van der Waals surface area contributed by atoms with Crippen LogP contribution in [0.15, 0.2) is 29.4 Å². The molecular formula is C18H26Cl2IN5. The van der Waals surface area contributed by atoms with Crippen LogP contribution in [0.2, 0.25) is 10.0 Å². The number of aliphatic imine (C=N–C) groups is 1. The lowest BCUT2D eigenvalue weighted by molar-refractivity contribution is 0.683. The third kappa shape index (κ3) is 6.96. The molecule has 3 N–H and O–H groups in total. The first-order valence-corrected chi connectivity index (χ1v) is 9.25. The number of benzene rings is 1. The number of nitrogens with one attached hydrogen (secondary N) is 3. The minimum Gasteiger partial charge on any atom is -0.357 e. The molecule has 0 spiro atoms. The molecule has 0 saturated carbocycles. The fraction of sp³-hybridized carbons (Fsp3) is 0.444. The van der Waals surface area contributed by atoms with Crippen LogP contribution in [-0.4, -0.2) is 29.2 Å². The van der Waals surface area contributed by atoms with Crippen molar-refractivity contribution in [3.8, 4) is 0 Å². The Morgan fingerprint density at radius 1 is 1.35 bits per heavy atom. The average molecular weight is 510 g/mol. The molecule has 0 radical (unpaired) electrons. The van der Waals surface area contributed by atoms with Crippen LogP contribution in [0.1, 0.15) is 43.1 Å². The van der Waals surface area contributed by atoms with E-state index >= 15 is 0 Å². The molecule has 0 bridgehead atoms. The molecule has 0 saturated heterocycles. The maximum atomic E-state index is 6.29. The van der Waals surface area contributed by atoms with E-state index in [9.17, 15) is 0 Å². The molecule has 0 aliphatic rings. The standard InChI is InChI=1S/C18H25Cl2N5.HI/c1-4-21-18(22-9-5-6-14-11-23-25-12(14)2)24-13(3)16-8-7-15(19)10-17(16)20;/h7-8,10-11,13H,4-6,9H2,1-3H3,(H,23,25)(H2,21,22,24);1H. The zero-order valence-electron chi connectivity index (χ0n) is 15.3. The van der Waals surface area contributed by atoms with Gasteiger partial charge >= 0.3 is 0 Å². The first kappa shape index (κ1) is 23.0. The predicted octanol–water partition coefficient (Wildman–Crippen LogP) is 4.89. The highest BCUT2D eigenvalue weighted by Gasteiger charge is 2.11. The number of hydrogen-bond acceptors (Lipinski definition) is 2. The van der Waals surface area contributed by atoms with E-state index in [1.165, 1.54) is 5.56 Å². The summed E-state index contributed by atoms with van der Waals surface area (Å²) in [6.45, 7) is 7.67. The van der Waals surface area contributed by atoms with Crippen LogP contribution in [0.4, 0.5) is 0 Å². The Hall–Kier alpha value is -0.990. The molecule has 1 unspecified atom stereocenters. The van der Waals surface area contributed by atoms with Gasteiger partial charge in [0.15, 0.2) is 5.96 Å². The fourth-order valence-corrected chi connectivity index (χ4v) is 3.12. The summed E-state index contributed by atoms with van der Waals surface area (Å²) in [6, 6.07) is 5.57. The molecular weight excluding hydrogens is 484 g/mol. The van der Waals surface area contributed by atoms with Gasteiger partial charge in [0.2, 0.25) is 0 Å². The Bertz CT molecular complexity index is 717. The molecule has 5 nitrogen and oxygen atoms in total. The van der Waals surface area contributed by atoms with E-state index in [0.29, 0.717) is 10.0 Å². The van der Waals surface area contributed by atoms with Crippen molar-refractivity contribution < 1.29 is 0 Å². The number of H-pyrrole nitrogens is 1. The molecule has 8 heteroatoms. The quantitative estimate of drug-likeness (QED) is 0.215. The van der Waals surface area contributed by atoms with E-state index < -0.39 is 0 Å². The topological polar surface area (TPSA) is 65.1 Å². The number of halogens is 3. The lowest BCUT2D eigenvalue weighted by Crippen LogP contribution is -2.38. The largest absolute Gasteiger partial charge is 0.357 e. The van der Waals surface area contributed by atoms with Gasteiger partial charge in [-0.1, -0.05) is 29.3 Å². The summed E-state index contributed by atoms with van der Waals surface area (Å²) in [5.41, 5.74) is 3.36. The maximum absolute atomic E-state index is 6.29. The lowest BCUT2D eigenvalue weighted by Gasteiger charge is -2.19. The molecule has 0 fully saturated rings. The second-order valence-electron chi connectivity index (χ2n) is 5.92.